The van der Waals surface area contributed by atoms with Gasteiger partial charge in [-0.2, -0.15) is 9.97 Å². The van der Waals surface area contributed by atoms with Crippen LogP contribution in [0.5, 0.6) is 6.01 Å². The number of aromatic nitrogens is 3. The predicted molar refractivity (Wildman–Crippen MR) is 165 cm³/mol. The van der Waals surface area contributed by atoms with Gasteiger partial charge in [0.2, 0.25) is 0 Å². The molecular formula is C32H33Cl2FN6O. The number of rotatable bonds is 6. The topological polar surface area (TPSA) is 66.4 Å². The number of hydrogen-bond acceptors (Lipinski definition) is 7. The number of pyridine rings is 1. The van der Waals surface area contributed by atoms with E-state index in [9.17, 15) is 0 Å². The van der Waals surface area contributed by atoms with E-state index in [1.165, 1.54) is 0 Å². The van der Waals surface area contributed by atoms with Crippen molar-refractivity contribution in [3.8, 4) is 17.3 Å². The van der Waals surface area contributed by atoms with Crippen LogP contribution in [0.25, 0.3) is 32.9 Å². The van der Waals surface area contributed by atoms with Crippen LogP contribution in [0.2, 0.25) is 5.02 Å². The lowest BCUT2D eigenvalue weighted by Gasteiger charge is -2.35. The summed E-state index contributed by atoms with van der Waals surface area (Å²) in [5, 5.41) is 6.53. The Hall–Kier alpha value is -2.78. The van der Waals surface area contributed by atoms with Crippen molar-refractivity contribution < 1.29 is 9.13 Å². The number of benzene rings is 2. The highest BCUT2D eigenvalue weighted by Crippen LogP contribution is 2.43. The third kappa shape index (κ3) is 4.33. The summed E-state index contributed by atoms with van der Waals surface area (Å²) in [6.07, 6.45) is 8.27. The van der Waals surface area contributed by atoms with Crippen molar-refractivity contribution in [1.82, 2.24) is 25.2 Å². The van der Waals surface area contributed by atoms with Gasteiger partial charge in [0.25, 0.3) is 0 Å². The number of hydrogen-bond donors (Lipinski definition) is 1. The minimum Gasteiger partial charge on any atom is -0.461 e. The summed E-state index contributed by atoms with van der Waals surface area (Å²) in [4.78, 5) is 19.1. The summed E-state index contributed by atoms with van der Waals surface area (Å²) in [6.45, 7) is 3.11. The Morgan fingerprint density at radius 3 is 2.67 bits per heavy atom. The van der Waals surface area contributed by atoms with E-state index >= 15 is 4.39 Å². The van der Waals surface area contributed by atoms with Crippen molar-refractivity contribution in [3.05, 3.63) is 53.4 Å². The molecule has 10 heteroatoms. The zero-order chi connectivity index (χ0) is 28.4. The first-order valence-electron chi connectivity index (χ1n) is 15.0. The van der Waals surface area contributed by atoms with Gasteiger partial charge in [-0.3, -0.25) is 9.88 Å². The van der Waals surface area contributed by atoms with Crippen LogP contribution in [0.3, 0.4) is 0 Å². The molecule has 4 atom stereocenters. The van der Waals surface area contributed by atoms with Crippen LogP contribution >= 0.6 is 23.2 Å². The maximum Gasteiger partial charge on any atom is 0.319 e. The van der Waals surface area contributed by atoms with E-state index < -0.39 is 5.82 Å². The molecule has 2 bridgehead atoms. The summed E-state index contributed by atoms with van der Waals surface area (Å²) in [5.74, 6) is 0.825. The molecule has 218 valence electrons. The van der Waals surface area contributed by atoms with Gasteiger partial charge in [0.1, 0.15) is 23.6 Å². The van der Waals surface area contributed by atoms with Gasteiger partial charge in [-0.05, 0) is 56.5 Å². The third-order valence-electron chi connectivity index (χ3n) is 9.95. The number of alkyl halides is 1. The zero-order valence-corrected chi connectivity index (χ0v) is 24.8. The Morgan fingerprint density at radius 1 is 1.05 bits per heavy atom. The standard InChI is InChI=1S/C32H33Cl2FN6O/c33-14-22-10-12-32(11-3-13-41(22)32)18-42-31-38-29-24(30(39-31)40-16-20-8-9-21(17-40)37-20)15-36-28(27(29)35)23-6-1-4-19-5-2-7-25(34)26(19)23/h1-2,4-7,15,20-22,37H,3,8-14,16-18H2/t20?,21?,22?,32-/m1/s1. The quantitative estimate of drug-likeness (QED) is 0.262. The lowest BCUT2D eigenvalue weighted by molar-refractivity contribution is 0.0896. The Labute approximate surface area is 254 Å². The molecule has 8 rings (SSSR count). The molecule has 2 aromatic carbocycles. The van der Waals surface area contributed by atoms with Crippen molar-refractivity contribution in [2.24, 2.45) is 0 Å². The smallest absolute Gasteiger partial charge is 0.319 e. The second-order valence-electron chi connectivity index (χ2n) is 12.4. The summed E-state index contributed by atoms with van der Waals surface area (Å²) in [5.41, 5.74) is 1.02. The third-order valence-corrected chi connectivity index (χ3v) is 10.6. The average molecular weight is 608 g/mol. The minimum absolute atomic E-state index is 0.0617. The van der Waals surface area contributed by atoms with Gasteiger partial charge in [0.15, 0.2) is 5.82 Å². The van der Waals surface area contributed by atoms with Crippen LogP contribution in [0.4, 0.5) is 10.2 Å². The van der Waals surface area contributed by atoms with E-state index in [2.05, 4.69) is 20.1 Å². The molecule has 0 aliphatic carbocycles. The number of piperazine rings is 1. The molecular weight excluding hydrogens is 574 g/mol. The lowest BCUT2D eigenvalue weighted by Crippen LogP contribution is -2.51. The van der Waals surface area contributed by atoms with Gasteiger partial charge >= 0.3 is 6.01 Å². The minimum atomic E-state index is -0.491. The fourth-order valence-corrected chi connectivity index (χ4v) is 8.56. The van der Waals surface area contributed by atoms with Crippen LogP contribution < -0.4 is 15.0 Å². The summed E-state index contributed by atoms with van der Waals surface area (Å²) in [7, 11) is 0. The molecule has 0 radical (unpaired) electrons. The molecule has 4 saturated heterocycles. The van der Waals surface area contributed by atoms with Gasteiger partial charge in [-0.25, -0.2) is 4.39 Å². The Morgan fingerprint density at radius 2 is 1.86 bits per heavy atom. The molecule has 4 aliphatic rings. The summed E-state index contributed by atoms with van der Waals surface area (Å²) < 4.78 is 23.1. The number of halogens is 3. The van der Waals surface area contributed by atoms with Gasteiger partial charge < -0.3 is 15.0 Å². The van der Waals surface area contributed by atoms with E-state index in [-0.39, 0.29) is 22.8 Å². The molecule has 4 aromatic rings. The molecule has 0 saturated carbocycles. The normalized spacial score (nSPS) is 27.3. The van der Waals surface area contributed by atoms with Crippen molar-refractivity contribution in [2.45, 2.75) is 62.2 Å². The number of fused-ring (bicyclic) bond motifs is 5. The lowest BCUT2D eigenvalue weighted by atomic mass is 9.95. The van der Waals surface area contributed by atoms with E-state index in [1.807, 2.05) is 36.4 Å². The second-order valence-corrected chi connectivity index (χ2v) is 13.1. The molecule has 0 spiro atoms. The molecule has 3 unspecified atom stereocenters. The van der Waals surface area contributed by atoms with Crippen LogP contribution in [-0.2, 0) is 0 Å². The first-order valence-corrected chi connectivity index (χ1v) is 15.9. The van der Waals surface area contributed by atoms with Crippen LogP contribution in [0, 0.1) is 5.82 Å². The molecule has 42 heavy (non-hydrogen) atoms. The molecule has 7 nitrogen and oxygen atoms in total. The highest BCUT2D eigenvalue weighted by Gasteiger charge is 2.49. The van der Waals surface area contributed by atoms with Crippen molar-refractivity contribution >= 4 is 50.7 Å². The van der Waals surface area contributed by atoms with Crippen LogP contribution in [0.15, 0.2) is 42.6 Å². The van der Waals surface area contributed by atoms with E-state index in [0.717, 1.165) is 68.9 Å². The van der Waals surface area contributed by atoms with Crippen molar-refractivity contribution in [1.29, 1.82) is 0 Å². The molecule has 4 aliphatic heterocycles. The van der Waals surface area contributed by atoms with Gasteiger partial charge in [-0.1, -0.05) is 41.9 Å². The molecule has 0 amide bonds. The first-order chi connectivity index (χ1) is 20.5. The van der Waals surface area contributed by atoms with Crippen LogP contribution in [0.1, 0.15) is 38.5 Å². The summed E-state index contributed by atoms with van der Waals surface area (Å²) >= 11 is 12.9. The molecule has 6 heterocycles. The maximum absolute atomic E-state index is 16.7. The fourth-order valence-electron chi connectivity index (χ4n) is 7.95. The SMILES string of the molecule is Fc1c(-c2cccc3cccc(Cl)c23)ncc2c(N3CC4CCC(C3)N4)nc(OC[C@]34CCCN3C(CCl)CC4)nc12. The van der Waals surface area contributed by atoms with Crippen molar-refractivity contribution in [3.63, 3.8) is 0 Å². The van der Waals surface area contributed by atoms with E-state index in [0.29, 0.717) is 52.4 Å². The Bertz CT molecular complexity index is 1670. The fraction of sp³-hybridized carbons (Fsp3) is 0.469. The maximum atomic E-state index is 16.7. The molecule has 2 aromatic heterocycles. The van der Waals surface area contributed by atoms with Crippen LogP contribution in [-0.4, -0.2) is 75.6 Å². The van der Waals surface area contributed by atoms with Gasteiger partial charge in [0.05, 0.1) is 10.9 Å². The monoisotopic (exact) mass is 606 g/mol. The average Bonchev–Trinajstić information content (AvgIpc) is 3.68. The van der Waals surface area contributed by atoms with Gasteiger partial charge in [-0.15, -0.1) is 11.6 Å². The largest absolute Gasteiger partial charge is 0.461 e. The van der Waals surface area contributed by atoms with Gasteiger partial charge in [0, 0.05) is 59.3 Å². The Kier molecular flexibility index (Phi) is 6.67. The first kappa shape index (κ1) is 26.8. The highest BCUT2D eigenvalue weighted by molar-refractivity contribution is 6.36. The Balaban J connectivity index is 1.23. The second kappa shape index (κ2) is 10.4. The highest BCUT2D eigenvalue weighted by atomic mass is 35.5. The number of ether oxygens (including phenoxy) is 1. The number of nitrogens with zero attached hydrogens (tertiary/aromatic N) is 5. The molecule has 4 fully saturated rings. The predicted octanol–water partition coefficient (Wildman–Crippen LogP) is 6.19. The number of anilines is 1. The zero-order valence-electron chi connectivity index (χ0n) is 23.3. The van der Waals surface area contributed by atoms with Crippen molar-refractivity contribution in [2.75, 3.05) is 37.0 Å². The van der Waals surface area contributed by atoms with E-state index in [4.69, 9.17) is 37.9 Å². The molecule has 1 N–H and O–H groups in total. The summed E-state index contributed by atoms with van der Waals surface area (Å²) in [6, 6.07) is 12.8. The van der Waals surface area contributed by atoms with E-state index in [1.54, 1.807) is 6.20 Å². The number of nitrogens with one attached hydrogen (secondary N) is 1.